The van der Waals surface area contributed by atoms with E-state index in [4.69, 9.17) is 9.72 Å². The fraction of sp³-hybridized carbons (Fsp3) is 0.320. The van der Waals surface area contributed by atoms with Crippen LogP contribution in [0.5, 0.6) is 0 Å². The number of aromatic nitrogens is 4. The lowest BCUT2D eigenvalue weighted by Gasteiger charge is -2.34. The van der Waals surface area contributed by atoms with Crippen LogP contribution in [0.2, 0.25) is 0 Å². The Morgan fingerprint density at radius 3 is 2.56 bits per heavy atom. The molecule has 2 aromatic carbocycles. The van der Waals surface area contributed by atoms with Crippen molar-refractivity contribution in [1.29, 1.82) is 0 Å². The number of halogens is 1. The van der Waals surface area contributed by atoms with E-state index < -0.39 is 0 Å². The number of hydrogen-bond acceptors (Lipinski definition) is 7. The van der Waals surface area contributed by atoms with Crippen LogP contribution in [0, 0.1) is 0 Å². The van der Waals surface area contributed by atoms with Crippen molar-refractivity contribution >= 4 is 41.0 Å². The number of ether oxygens (including phenoxy) is 1. The average molecular weight is 478 g/mol. The standard InChI is InChI=1S/C25H27N7O.ClH/c1-2-6-19(7-3-1)16-26-23-22-24(28-18-27-23)32-17-20-8-4-5-9-21(20)31(25(32)29-22)11-10-30-12-14-33-15-13-30;/h1-9,18H,10-17H2,(H,26,27,28);1H. The van der Waals surface area contributed by atoms with Gasteiger partial charge in [0.1, 0.15) is 6.33 Å². The molecule has 6 rings (SSSR count). The summed E-state index contributed by atoms with van der Waals surface area (Å²) in [6.07, 6.45) is 1.63. The molecule has 9 heteroatoms. The van der Waals surface area contributed by atoms with E-state index in [2.05, 4.69) is 66.0 Å². The second-order valence-electron chi connectivity index (χ2n) is 8.47. The van der Waals surface area contributed by atoms with Crippen LogP contribution in [-0.2, 0) is 17.8 Å². The smallest absolute Gasteiger partial charge is 0.212 e. The molecule has 1 N–H and O–H groups in total. The third kappa shape index (κ3) is 4.32. The van der Waals surface area contributed by atoms with E-state index in [1.807, 2.05) is 18.2 Å². The maximum Gasteiger partial charge on any atom is 0.212 e. The Bertz CT molecular complexity index is 1260. The van der Waals surface area contributed by atoms with E-state index in [1.54, 1.807) is 6.33 Å². The molecule has 0 saturated carbocycles. The molecule has 8 nitrogen and oxygen atoms in total. The second kappa shape index (κ2) is 9.97. The Hall–Kier alpha value is -3.20. The molecule has 0 radical (unpaired) electrons. The Kier molecular flexibility index (Phi) is 6.62. The van der Waals surface area contributed by atoms with Gasteiger partial charge in [0.15, 0.2) is 17.0 Å². The summed E-state index contributed by atoms with van der Waals surface area (Å²) in [7, 11) is 0. The summed E-state index contributed by atoms with van der Waals surface area (Å²) in [5.41, 5.74) is 5.38. The number of para-hydroxylation sites is 1. The van der Waals surface area contributed by atoms with Crippen LogP contribution < -0.4 is 10.2 Å². The first-order valence-electron chi connectivity index (χ1n) is 11.5. The lowest BCUT2D eigenvalue weighted by Crippen LogP contribution is -2.41. The Balaban J connectivity index is 0.00000241. The highest BCUT2D eigenvalue weighted by Crippen LogP contribution is 2.37. The number of rotatable bonds is 6. The molecule has 4 heterocycles. The third-order valence-corrected chi connectivity index (χ3v) is 6.41. The molecule has 176 valence electrons. The van der Waals surface area contributed by atoms with Gasteiger partial charge in [-0.15, -0.1) is 12.4 Å². The van der Waals surface area contributed by atoms with Crippen molar-refractivity contribution in [3.8, 4) is 0 Å². The van der Waals surface area contributed by atoms with Crippen molar-refractivity contribution in [2.75, 3.05) is 49.6 Å². The van der Waals surface area contributed by atoms with E-state index in [-0.39, 0.29) is 12.4 Å². The number of morpholine rings is 1. The van der Waals surface area contributed by atoms with Gasteiger partial charge in [0, 0.05) is 38.4 Å². The largest absolute Gasteiger partial charge is 0.379 e. The van der Waals surface area contributed by atoms with Crippen LogP contribution >= 0.6 is 12.4 Å². The van der Waals surface area contributed by atoms with Gasteiger partial charge in [-0.05, 0) is 17.2 Å². The molecule has 4 aromatic rings. The molecule has 2 aliphatic rings. The van der Waals surface area contributed by atoms with Crippen LogP contribution in [0.1, 0.15) is 11.1 Å². The maximum atomic E-state index is 5.52. The molecule has 0 unspecified atom stereocenters. The highest BCUT2D eigenvalue weighted by molar-refractivity contribution is 5.87. The minimum atomic E-state index is 0. The molecule has 0 aliphatic carbocycles. The molecule has 0 spiro atoms. The minimum Gasteiger partial charge on any atom is -0.379 e. The zero-order chi connectivity index (χ0) is 22.0. The number of nitrogens with zero attached hydrogens (tertiary/aromatic N) is 6. The van der Waals surface area contributed by atoms with Crippen LogP contribution in [-0.4, -0.2) is 63.8 Å². The van der Waals surface area contributed by atoms with Crippen LogP contribution in [0.4, 0.5) is 17.5 Å². The van der Waals surface area contributed by atoms with Gasteiger partial charge in [-0.3, -0.25) is 9.47 Å². The van der Waals surface area contributed by atoms with E-state index in [0.29, 0.717) is 6.54 Å². The summed E-state index contributed by atoms with van der Waals surface area (Å²) in [6, 6.07) is 18.9. The lowest BCUT2D eigenvalue weighted by atomic mass is 10.1. The molecular weight excluding hydrogens is 450 g/mol. The topological polar surface area (TPSA) is 71.3 Å². The fourth-order valence-corrected chi connectivity index (χ4v) is 4.66. The number of hydrogen-bond donors (Lipinski definition) is 1. The first-order valence-corrected chi connectivity index (χ1v) is 11.5. The van der Waals surface area contributed by atoms with Crippen molar-refractivity contribution in [1.82, 2.24) is 24.4 Å². The third-order valence-electron chi connectivity index (χ3n) is 6.41. The van der Waals surface area contributed by atoms with Crippen molar-refractivity contribution in [3.63, 3.8) is 0 Å². The summed E-state index contributed by atoms with van der Waals surface area (Å²) in [5.74, 6) is 1.70. The predicted octanol–water partition coefficient (Wildman–Crippen LogP) is 3.69. The van der Waals surface area contributed by atoms with E-state index in [0.717, 1.165) is 68.9 Å². The van der Waals surface area contributed by atoms with E-state index >= 15 is 0 Å². The van der Waals surface area contributed by atoms with Gasteiger partial charge in [-0.2, -0.15) is 0 Å². The van der Waals surface area contributed by atoms with Crippen molar-refractivity contribution < 1.29 is 4.74 Å². The zero-order valence-corrected chi connectivity index (χ0v) is 19.7. The van der Waals surface area contributed by atoms with Crippen molar-refractivity contribution in [3.05, 3.63) is 72.1 Å². The summed E-state index contributed by atoms with van der Waals surface area (Å²) >= 11 is 0. The SMILES string of the molecule is Cl.c1ccc(CNc2ncnc3c2nc2n3Cc3ccccc3N2CCN2CCOCC2)cc1. The Morgan fingerprint density at radius 1 is 0.912 bits per heavy atom. The highest BCUT2D eigenvalue weighted by Gasteiger charge is 2.28. The number of benzene rings is 2. The summed E-state index contributed by atoms with van der Waals surface area (Å²) in [5, 5.41) is 3.47. The number of fused-ring (bicyclic) bond motifs is 4. The molecule has 2 aromatic heterocycles. The molecule has 0 atom stereocenters. The normalized spacial score (nSPS) is 15.5. The maximum absolute atomic E-state index is 5.52. The van der Waals surface area contributed by atoms with Gasteiger partial charge in [0.05, 0.1) is 19.8 Å². The Labute approximate surface area is 205 Å². The first kappa shape index (κ1) is 22.6. The van der Waals surface area contributed by atoms with Crippen molar-refractivity contribution in [2.45, 2.75) is 13.1 Å². The van der Waals surface area contributed by atoms with Gasteiger partial charge < -0.3 is 15.0 Å². The van der Waals surface area contributed by atoms with Gasteiger partial charge in [-0.25, -0.2) is 15.0 Å². The molecule has 2 aliphatic heterocycles. The zero-order valence-electron chi connectivity index (χ0n) is 18.9. The van der Waals surface area contributed by atoms with Gasteiger partial charge in [0.2, 0.25) is 5.95 Å². The van der Waals surface area contributed by atoms with E-state index in [9.17, 15) is 0 Å². The predicted molar refractivity (Wildman–Crippen MR) is 136 cm³/mol. The summed E-state index contributed by atoms with van der Waals surface area (Å²) in [4.78, 5) is 19.0. The van der Waals surface area contributed by atoms with Gasteiger partial charge in [0.25, 0.3) is 0 Å². The van der Waals surface area contributed by atoms with E-state index in [1.165, 1.54) is 16.8 Å². The highest BCUT2D eigenvalue weighted by atomic mass is 35.5. The summed E-state index contributed by atoms with van der Waals surface area (Å²) in [6.45, 7) is 6.84. The quantitative estimate of drug-likeness (QED) is 0.454. The van der Waals surface area contributed by atoms with Crippen LogP contribution in [0.25, 0.3) is 11.2 Å². The minimum absolute atomic E-state index is 0. The van der Waals surface area contributed by atoms with Gasteiger partial charge in [-0.1, -0.05) is 48.5 Å². The number of nitrogens with one attached hydrogen (secondary N) is 1. The van der Waals surface area contributed by atoms with Gasteiger partial charge >= 0.3 is 0 Å². The fourth-order valence-electron chi connectivity index (χ4n) is 4.66. The second-order valence-corrected chi connectivity index (χ2v) is 8.47. The molecule has 34 heavy (non-hydrogen) atoms. The first-order chi connectivity index (χ1) is 16.4. The summed E-state index contributed by atoms with van der Waals surface area (Å²) < 4.78 is 7.73. The molecule has 0 bridgehead atoms. The molecule has 1 fully saturated rings. The van der Waals surface area contributed by atoms with Crippen LogP contribution in [0.3, 0.4) is 0 Å². The molecular formula is C25H28ClN7O. The Morgan fingerprint density at radius 2 is 1.71 bits per heavy atom. The van der Waals surface area contributed by atoms with Crippen molar-refractivity contribution in [2.24, 2.45) is 0 Å². The molecule has 1 saturated heterocycles. The number of imidazole rings is 1. The monoisotopic (exact) mass is 477 g/mol. The average Bonchev–Trinajstić information content (AvgIpc) is 3.25. The lowest BCUT2D eigenvalue weighted by molar-refractivity contribution is 0.0393. The van der Waals surface area contributed by atoms with Crippen LogP contribution in [0.15, 0.2) is 60.9 Å². The number of anilines is 3. The molecule has 0 amide bonds.